The zero-order chi connectivity index (χ0) is 66.2. The molecule has 39 heteroatoms. The molecule has 8 aromatic rings. The van der Waals surface area contributed by atoms with Crippen LogP contribution < -0.4 is 21.9 Å². The number of hydrogen-bond acceptors (Lipinski definition) is 0. The summed E-state index contributed by atoms with van der Waals surface area (Å²) in [7, 11) is 4.67. The molecule has 0 aliphatic carbocycles. The van der Waals surface area contributed by atoms with Crippen LogP contribution >= 0.6 is 9.07 Å². The van der Waals surface area contributed by atoms with Gasteiger partial charge in [-0.1, -0.05) is 0 Å². The van der Waals surface area contributed by atoms with Crippen LogP contribution in [0.4, 0.5) is 158 Å². The van der Waals surface area contributed by atoms with E-state index < -0.39 is 282 Å². The van der Waals surface area contributed by atoms with Gasteiger partial charge in [-0.25, -0.2) is 158 Å². The number of benzene rings is 8. The van der Waals surface area contributed by atoms with Gasteiger partial charge in [0.15, 0.2) is 163 Å². The van der Waals surface area contributed by atoms with Gasteiger partial charge in [-0.15, -0.1) is 21.9 Å². The van der Waals surface area contributed by atoms with E-state index >= 15 is 140 Å². The molecule has 0 N–H and O–H groups in total. The molecule has 0 fully saturated rings. The molecule has 0 bridgehead atoms. The Kier molecular flexibility index (Phi) is 17.8. The Morgan fingerprint density at radius 1 is 0.126 bits per heavy atom. The standard InChI is InChI=1S/C48BF36.ClH.Mg/c50-13-1(5-17(54)33(70)45(82)34(71)18(5)55)9(25(62)41(78)29(13)66)49(10-2(14(51)30(67)42(79)26(10)63)6-19(56)35(72)46(83)36(73)20(6)57,11-3(15(52)31(68)43(80)27(11)64)7-21(58)37(74)47(84)38(75)22(7)59)12-4(16(53)32(69)44(81)28(12)65)8-23(60)39(76)48(85)40(77)24(8)61;;/h;1H;/q-1;;+2/p-1. The van der Waals surface area contributed by atoms with Gasteiger partial charge in [0.25, 0.3) is 0 Å². The van der Waals surface area contributed by atoms with E-state index in [4.69, 9.17) is 0 Å². The van der Waals surface area contributed by atoms with Crippen molar-refractivity contribution in [3.05, 3.63) is 209 Å². The Labute approximate surface area is 468 Å². The number of halogens is 37. The Bertz CT molecular complexity index is 3720. The third-order valence-corrected chi connectivity index (χ3v) is 12.8. The van der Waals surface area contributed by atoms with Crippen molar-refractivity contribution in [1.29, 1.82) is 0 Å². The molecule has 0 aliphatic rings. The molecule has 0 saturated carbocycles. The molecular weight excluding hydrogens is 1330 g/mol. The molecule has 8 aromatic carbocycles. The van der Waals surface area contributed by atoms with E-state index in [1.54, 1.807) is 0 Å². The summed E-state index contributed by atoms with van der Waals surface area (Å²) in [4.78, 5) is 0. The Balaban J connectivity index is 0.00000535. The van der Waals surface area contributed by atoms with Crippen molar-refractivity contribution in [2.45, 2.75) is 0 Å². The van der Waals surface area contributed by atoms with Gasteiger partial charge in [-0.3, -0.25) is 0 Å². The Morgan fingerprint density at radius 2 is 0.207 bits per heavy atom. The molecular formula is C48BClF36Mg. The van der Waals surface area contributed by atoms with Crippen LogP contribution in [0.5, 0.6) is 0 Å². The molecule has 0 atom stereocenters. The molecule has 456 valence electrons. The van der Waals surface area contributed by atoms with Gasteiger partial charge >= 0.3 is 29.7 Å². The number of rotatable bonds is 8. The van der Waals surface area contributed by atoms with Crippen molar-refractivity contribution in [2.24, 2.45) is 0 Å². The molecule has 8 rings (SSSR count). The molecule has 0 saturated heterocycles. The van der Waals surface area contributed by atoms with Crippen LogP contribution in [0.25, 0.3) is 44.5 Å². The van der Waals surface area contributed by atoms with Crippen molar-refractivity contribution in [2.75, 3.05) is 0 Å². The van der Waals surface area contributed by atoms with E-state index in [2.05, 4.69) is 9.07 Å². The quantitative estimate of drug-likeness (QED) is 0.0616. The molecule has 0 aromatic heterocycles. The van der Waals surface area contributed by atoms with E-state index in [1.165, 1.54) is 20.6 Å². The Hall–Kier alpha value is -7.64. The molecule has 0 unspecified atom stereocenters. The van der Waals surface area contributed by atoms with Crippen LogP contribution in [0, 0.1) is 209 Å². The summed E-state index contributed by atoms with van der Waals surface area (Å²) in [6.07, 6.45) is -9.19. The predicted octanol–water partition coefficient (Wildman–Crippen LogP) is 15.0. The second-order valence-corrected chi connectivity index (χ2v) is 16.8. The summed E-state index contributed by atoms with van der Waals surface area (Å²) >= 11 is 1.33. The Morgan fingerprint density at radius 3 is 0.322 bits per heavy atom. The third kappa shape index (κ3) is 9.08. The fourth-order valence-electron chi connectivity index (χ4n) is 9.36. The first-order chi connectivity index (χ1) is 40.3. The SMILES string of the molecule is Fc1c(F)c(F)c(-c2c(F)c(F)c(F)c(F)c2[B-](c2c(F)c(F)c(F)c(F)c2-c2c(F)c(F)c(F)c(F)c2F)(c2c(F)c(F)c(F)c(F)c2-c2c(F)c(F)c(F)c(F)c2F)c2c(F)c(F)c(F)c(F)c2-c2c(F)c(F)c(F)c(F)c2F)c(F)c1F.[Mg+][Cl]. The topological polar surface area (TPSA) is 0 Å². The van der Waals surface area contributed by atoms with Crippen molar-refractivity contribution in [3.8, 4) is 44.5 Å². The first-order valence-electron chi connectivity index (χ1n) is 21.2. The van der Waals surface area contributed by atoms with Gasteiger partial charge in [-0.05, 0) is 22.3 Å². The van der Waals surface area contributed by atoms with Crippen LogP contribution in [0.15, 0.2) is 0 Å². The fraction of sp³-hybridized carbons (Fsp3) is 0. The summed E-state index contributed by atoms with van der Waals surface area (Å²) in [6.45, 7) is 0. The first kappa shape index (κ1) is 66.9. The van der Waals surface area contributed by atoms with Gasteiger partial charge in [0, 0.05) is 0 Å². The molecule has 0 heterocycles. The summed E-state index contributed by atoms with van der Waals surface area (Å²) in [5.74, 6) is -151. The van der Waals surface area contributed by atoms with Crippen LogP contribution in [-0.4, -0.2) is 26.8 Å². The molecule has 87 heavy (non-hydrogen) atoms. The van der Waals surface area contributed by atoms with E-state index in [9.17, 15) is 17.6 Å². The maximum atomic E-state index is 18.0. The van der Waals surface area contributed by atoms with E-state index in [1.807, 2.05) is 0 Å². The molecule has 0 amide bonds. The summed E-state index contributed by atoms with van der Waals surface area (Å²) in [5, 5.41) is 0. The monoisotopic (exact) mass is 1330 g/mol. The van der Waals surface area contributed by atoms with E-state index in [-0.39, 0.29) is 0 Å². The van der Waals surface area contributed by atoms with Crippen molar-refractivity contribution < 1.29 is 158 Å². The summed E-state index contributed by atoms with van der Waals surface area (Å²) in [5.41, 5.74) is -52.4. The summed E-state index contributed by atoms with van der Waals surface area (Å²) in [6, 6.07) is 0. The average Bonchev–Trinajstić information content (AvgIpc) is 0.669. The molecule has 0 nitrogen and oxygen atoms in total. The van der Waals surface area contributed by atoms with E-state index in [0.29, 0.717) is 0 Å². The maximum absolute atomic E-state index is 18.0. The van der Waals surface area contributed by atoms with Gasteiger partial charge in [0.05, 0.1) is 22.3 Å². The zero-order valence-electron chi connectivity index (χ0n) is 39.3. The van der Waals surface area contributed by atoms with Crippen molar-refractivity contribution >= 4 is 57.7 Å². The van der Waals surface area contributed by atoms with Crippen LogP contribution in [0.2, 0.25) is 0 Å². The van der Waals surface area contributed by atoms with Gasteiger partial charge in [0.2, 0.25) is 23.3 Å². The van der Waals surface area contributed by atoms with Crippen molar-refractivity contribution in [1.82, 2.24) is 0 Å². The van der Waals surface area contributed by atoms with Gasteiger partial charge in [-0.2, -0.15) is 0 Å². The minimum atomic E-state index is -9.19. The third-order valence-electron chi connectivity index (χ3n) is 12.8. The van der Waals surface area contributed by atoms with Crippen LogP contribution in [0.3, 0.4) is 0 Å². The minimum absolute atomic E-state index is 1.33. The average molecular weight is 1330 g/mol. The number of hydrogen-bond donors (Lipinski definition) is 0. The molecule has 0 aliphatic heterocycles. The fourth-order valence-corrected chi connectivity index (χ4v) is 9.36. The van der Waals surface area contributed by atoms with Crippen LogP contribution in [-0.2, 0) is 0 Å². The normalized spacial score (nSPS) is 11.8. The zero-order valence-corrected chi connectivity index (χ0v) is 41.4. The second kappa shape index (κ2) is 23.1. The van der Waals surface area contributed by atoms with E-state index in [0.717, 1.165) is 0 Å². The molecule has 0 spiro atoms. The predicted molar refractivity (Wildman–Crippen MR) is 222 cm³/mol. The summed E-state index contributed by atoms with van der Waals surface area (Å²) < 4.78 is 582. The van der Waals surface area contributed by atoms with Crippen LogP contribution in [0.1, 0.15) is 0 Å². The first-order valence-corrected chi connectivity index (χ1v) is 23.4. The van der Waals surface area contributed by atoms with Gasteiger partial charge < -0.3 is 0 Å². The molecule has 0 radical (unpaired) electrons. The van der Waals surface area contributed by atoms with Crippen molar-refractivity contribution in [3.63, 3.8) is 0 Å². The van der Waals surface area contributed by atoms with Gasteiger partial charge in [0.1, 0.15) is 29.4 Å². The second-order valence-electron chi connectivity index (χ2n) is 16.8.